The Balaban J connectivity index is 1.55. The second kappa shape index (κ2) is 6.74. The van der Waals surface area contributed by atoms with E-state index in [-0.39, 0.29) is 29.7 Å². The van der Waals surface area contributed by atoms with E-state index in [0.29, 0.717) is 28.6 Å². The van der Waals surface area contributed by atoms with Gasteiger partial charge in [0.1, 0.15) is 23.9 Å². The summed E-state index contributed by atoms with van der Waals surface area (Å²) in [6.45, 7) is 4.00. The molecule has 0 spiro atoms. The summed E-state index contributed by atoms with van der Waals surface area (Å²) in [5.41, 5.74) is -0.0406. The Bertz CT molecular complexity index is 1380. The van der Waals surface area contributed by atoms with Crippen molar-refractivity contribution in [2.24, 2.45) is 5.92 Å². The number of para-hydroxylation sites is 2. The number of hydrogen-bond acceptors (Lipinski definition) is 5. The molecule has 4 heterocycles. The molecule has 1 N–H and O–H groups in total. The van der Waals surface area contributed by atoms with E-state index in [2.05, 4.69) is 4.98 Å². The molecular formula is C25H24N4O4. The van der Waals surface area contributed by atoms with Crippen LogP contribution in [0.3, 0.4) is 0 Å². The standard InChI is InChI=1S/C25H24N4O4/c1-14(2)11-19-22(31)28-18-10-6-4-8-16(18)25(33)12-20(23(32)29(19)24(25)28)27-13-26-17-9-5-3-7-15(17)21(27)30/h3-10,13-14,19-20,24,33H,11-12H2,1-2H3. The summed E-state index contributed by atoms with van der Waals surface area (Å²) < 4.78 is 1.32. The molecular weight excluding hydrogens is 420 g/mol. The number of hydrogen-bond donors (Lipinski definition) is 1. The number of amides is 2. The van der Waals surface area contributed by atoms with Gasteiger partial charge < -0.3 is 10.0 Å². The number of piperidine rings is 1. The lowest BCUT2D eigenvalue weighted by Crippen LogP contribution is -2.61. The minimum absolute atomic E-state index is 0.0118. The number of carbonyl (C=O) groups excluding carboxylic acids is 2. The predicted octanol–water partition coefficient (Wildman–Crippen LogP) is 2.16. The van der Waals surface area contributed by atoms with E-state index < -0.39 is 23.9 Å². The number of aliphatic hydroxyl groups is 1. The van der Waals surface area contributed by atoms with Crippen LogP contribution in [0.1, 0.15) is 38.3 Å². The first kappa shape index (κ1) is 20.1. The molecule has 2 aromatic carbocycles. The molecule has 0 bridgehead atoms. The van der Waals surface area contributed by atoms with Crippen molar-refractivity contribution in [1.29, 1.82) is 0 Å². The van der Waals surface area contributed by atoms with E-state index >= 15 is 0 Å². The van der Waals surface area contributed by atoms with Crippen LogP contribution >= 0.6 is 0 Å². The second-order valence-electron chi connectivity index (χ2n) is 9.61. The number of rotatable bonds is 3. The highest BCUT2D eigenvalue weighted by Crippen LogP contribution is 2.55. The number of fused-ring (bicyclic) bond motifs is 4. The zero-order chi connectivity index (χ0) is 23.1. The van der Waals surface area contributed by atoms with Crippen molar-refractivity contribution in [2.75, 3.05) is 4.90 Å². The zero-order valence-electron chi connectivity index (χ0n) is 18.4. The third-order valence-electron chi connectivity index (χ3n) is 7.19. The fourth-order valence-corrected chi connectivity index (χ4v) is 5.80. The Kier molecular flexibility index (Phi) is 4.11. The summed E-state index contributed by atoms with van der Waals surface area (Å²) in [5, 5.41) is 12.5. The molecule has 8 heteroatoms. The van der Waals surface area contributed by atoms with Gasteiger partial charge in [0.05, 0.1) is 22.9 Å². The normalized spacial score (nSPS) is 28.1. The number of aromatic nitrogens is 2. The van der Waals surface area contributed by atoms with E-state index in [0.717, 1.165) is 0 Å². The summed E-state index contributed by atoms with van der Waals surface area (Å²) in [6, 6.07) is 12.6. The smallest absolute Gasteiger partial charge is 0.261 e. The van der Waals surface area contributed by atoms with Crippen LogP contribution in [-0.2, 0) is 15.2 Å². The maximum absolute atomic E-state index is 13.9. The third-order valence-corrected chi connectivity index (χ3v) is 7.19. The molecule has 2 saturated heterocycles. The van der Waals surface area contributed by atoms with Crippen LogP contribution in [0.5, 0.6) is 0 Å². The molecule has 33 heavy (non-hydrogen) atoms. The van der Waals surface area contributed by atoms with Gasteiger partial charge in [-0.15, -0.1) is 0 Å². The Labute approximate surface area is 190 Å². The Morgan fingerprint density at radius 1 is 1.06 bits per heavy atom. The van der Waals surface area contributed by atoms with Gasteiger partial charge in [0.15, 0.2) is 0 Å². The van der Waals surface area contributed by atoms with Gasteiger partial charge in [-0.05, 0) is 30.5 Å². The molecule has 3 aliphatic rings. The zero-order valence-corrected chi connectivity index (χ0v) is 18.4. The number of benzene rings is 2. The summed E-state index contributed by atoms with van der Waals surface area (Å²) in [4.78, 5) is 48.3. The van der Waals surface area contributed by atoms with Crippen molar-refractivity contribution in [1.82, 2.24) is 14.5 Å². The minimum Gasteiger partial charge on any atom is -0.381 e. The van der Waals surface area contributed by atoms with E-state index in [1.54, 1.807) is 35.2 Å². The van der Waals surface area contributed by atoms with E-state index in [1.807, 2.05) is 32.0 Å². The van der Waals surface area contributed by atoms with Gasteiger partial charge in [0.25, 0.3) is 11.5 Å². The molecule has 168 valence electrons. The van der Waals surface area contributed by atoms with Gasteiger partial charge in [-0.2, -0.15) is 0 Å². The molecule has 2 fully saturated rings. The molecule has 8 nitrogen and oxygen atoms in total. The van der Waals surface area contributed by atoms with Crippen molar-refractivity contribution in [3.8, 4) is 0 Å². The van der Waals surface area contributed by atoms with Crippen LogP contribution in [0.25, 0.3) is 10.9 Å². The van der Waals surface area contributed by atoms with E-state index in [1.165, 1.54) is 15.8 Å². The number of anilines is 1. The average molecular weight is 444 g/mol. The summed E-state index contributed by atoms with van der Waals surface area (Å²) in [5.74, 6) is -0.353. The average Bonchev–Trinajstić information content (AvgIpc) is 3.24. The first-order valence-corrected chi connectivity index (χ1v) is 11.3. The third kappa shape index (κ3) is 2.55. The molecule has 2 amide bonds. The van der Waals surface area contributed by atoms with Crippen molar-refractivity contribution < 1.29 is 14.7 Å². The van der Waals surface area contributed by atoms with Crippen molar-refractivity contribution in [2.45, 2.75) is 50.5 Å². The van der Waals surface area contributed by atoms with Gasteiger partial charge >= 0.3 is 0 Å². The van der Waals surface area contributed by atoms with Gasteiger partial charge in [-0.25, -0.2) is 4.98 Å². The molecule has 0 radical (unpaired) electrons. The summed E-state index contributed by atoms with van der Waals surface area (Å²) >= 11 is 0. The maximum atomic E-state index is 13.9. The van der Waals surface area contributed by atoms with Crippen molar-refractivity contribution in [3.05, 3.63) is 70.8 Å². The van der Waals surface area contributed by atoms with Crippen molar-refractivity contribution in [3.63, 3.8) is 0 Å². The number of nitrogens with zero attached hydrogens (tertiary/aromatic N) is 4. The Morgan fingerprint density at radius 3 is 2.58 bits per heavy atom. The van der Waals surface area contributed by atoms with E-state index in [9.17, 15) is 19.5 Å². The lowest BCUT2D eigenvalue weighted by atomic mass is 9.81. The first-order chi connectivity index (χ1) is 15.8. The first-order valence-electron chi connectivity index (χ1n) is 11.3. The molecule has 4 unspecified atom stereocenters. The maximum Gasteiger partial charge on any atom is 0.261 e. The minimum atomic E-state index is -1.48. The van der Waals surface area contributed by atoms with Gasteiger partial charge in [0, 0.05) is 12.0 Å². The molecule has 0 aliphatic carbocycles. The van der Waals surface area contributed by atoms with Gasteiger partial charge in [-0.3, -0.25) is 23.9 Å². The lowest BCUT2D eigenvalue weighted by Gasteiger charge is -2.45. The van der Waals surface area contributed by atoms with E-state index in [4.69, 9.17) is 0 Å². The highest BCUT2D eigenvalue weighted by molar-refractivity contribution is 6.07. The summed E-state index contributed by atoms with van der Waals surface area (Å²) in [6.07, 6.45) is 1.04. The van der Waals surface area contributed by atoms with Crippen LogP contribution in [0, 0.1) is 5.92 Å². The van der Waals surface area contributed by atoms with Crippen LogP contribution in [-0.4, -0.2) is 43.6 Å². The monoisotopic (exact) mass is 444 g/mol. The Morgan fingerprint density at radius 2 is 1.79 bits per heavy atom. The second-order valence-corrected chi connectivity index (χ2v) is 9.61. The highest BCUT2D eigenvalue weighted by Gasteiger charge is 2.67. The quantitative estimate of drug-likeness (QED) is 0.668. The van der Waals surface area contributed by atoms with Crippen molar-refractivity contribution >= 4 is 28.4 Å². The molecule has 3 aromatic rings. The van der Waals surface area contributed by atoms with Gasteiger partial charge in [-0.1, -0.05) is 44.2 Å². The molecule has 6 rings (SSSR count). The Hall–Kier alpha value is -3.52. The van der Waals surface area contributed by atoms with Gasteiger partial charge in [0.2, 0.25) is 5.91 Å². The SMILES string of the molecule is CC(C)CC1C(=O)N2c3ccccc3C3(O)CC(n4cnc5ccccc5c4=O)C(=O)N1C23. The fourth-order valence-electron chi connectivity index (χ4n) is 5.80. The van der Waals surface area contributed by atoms with Crippen LogP contribution in [0.15, 0.2) is 59.7 Å². The van der Waals surface area contributed by atoms with Crippen LogP contribution in [0.2, 0.25) is 0 Å². The molecule has 4 atom stereocenters. The lowest BCUT2D eigenvalue weighted by molar-refractivity contribution is -0.159. The van der Waals surface area contributed by atoms with Crippen LogP contribution in [0.4, 0.5) is 5.69 Å². The molecule has 0 saturated carbocycles. The largest absolute Gasteiger partial charge is 0.381 e. The summed E-state index contributed by atoms with van der Waals surface area (Å²) in [7, 11) is 0. The fraction of sp³-hybridized carbons (Fsp3) is 0.360. The number of carbonyl (C=O) groups is 2. The molecule has 3 aliphatic heterocycles. The molecule has 1 aromatic heterocycles. The highest BCUT2D eigenvalue weighted by atomic mass is 16.3. The van der Waals surface area contributed by atoms with Crippen LogP contribution < -0.4 is 10.5 Å². The predicted molar refractivity (Wildman–Crippen MR) is 121 cm³/mol. The topological polar surface area (TPSA) is 95.7 Å².